The minimum atomic E-state index is -0.505. The van der Waals surface area contributed by atoms with Crippen LogP contribution in [0, 0.1) is 11.3 Å². The van der Waals surface area contributed by atoms with Crippen molar-refractivity contribution in [2.75, 3.05) is 12.4 Å². The van der Waals surface area contributed by atoms with Crippen LogP contribution in [-0.2, 0) is 0 Å². The average Bonchev–Trinajstić information content (AvgIpc) is 2.30. The van der Waals surface area contributed by atoms with Gasteiger partial charge in [0.2, 0.25) is 0 Å². The Balaban J connectivity index is 2.77. The topological polar surface area (TPSA) is 45.0 Å². The number of nitriles is 1. The van der Waals surface area contributed by atoms with Gasteiger partial charge < -0.3 is 10.1 Å². The van der Waals surface area contributed by atoms with E-state index >= 15 is 0 Å². The van der Waals surface area contributed by atoms with Gasteiger partial charge in [0, 0.05) is 5.69 Å². The van der Waals surface area contributed by atoms with Crippen molar-refractivity contribution in [2.24, 2.45) is 0 Å². The summed E-state index contributed by atoms with van der Waals surface area (Å²) in [4.78, 5) is 0. The molecule has 0 aliphatic rings. The average molecular weight is 204 g/mol. The van der Waals surface area contributed by atoms with Crippen LogP contribution in [0.4, 0.5) is 5.69 Å². The monoisotopic (exact) mass is 204 g/mol. The highest BCUT2D eigenvalue weighted by molar-refractivity contribution is 5.49. The molecule has 1 N–H and O–H groups in total. The van der Waals surface area contributed by atoms with Crippen molar-refractivity contribution >= 4 is 5.69 Å². The van der Waals surface area contributed by atoms with E-state index in [1.54, 1.807) is 7.11 Å². The molecule has 0 spiro atoms. The van der Waals surface area contributed by atoms with Gasteiger partial charge in [-0.15, -0.1) is 0 Å². The molecule has 0 bridgehead atoms. The van der Waals surface area contributed by atoms with Gasteiger partial charge in [-0.25, -0.2) is 0 Å². The van der Waals surface area contributed by atoms with Gasteiger partial charge >= 0.3 is 0 Å². The van der Waals surface area contributed by atoms with E-state index in [0.717, 1.165) is 17.9 Å². The van der Waals surface area contributed by atoms with E-state index in [9.17, 15) is 0 Å². The molecule has 0 unspecified atom stereocenters. The Bertz CT molecular complexity index is 353. The zero-order valence-corrected chi connectivity index (χ0v) is 9.37. The summed E-state index contributed by atoms with van der Waals surface area (Å²) < 4.78 is 5.06. The van der Waals surface area contributed by atoms with Crippen molar-refractivity contribution in [3.8, 4) is 11.8 Å². The fourth-order valence-corrected chi connectivity index (χ4v) is 1.19. The molecule has 0 radical (unpaired) electrons. The van der Waals surface area contributed by atoms with Crippen LogP contribution in [0.2, 0.25) is 0 Å². The second-order valence-electron chi connectivity index (χ2n) is 3.65. The Morgan fingerprint density at radius 1 is 1.40 bits per heavy atom. The lowest BCUT2D eigenvalue weighted by molar-refractivity contribution is 0.415. The molecule has 80 valence electrons. The zero-order valence-electron chi connectivity index (χ0n) is 9.37. The number of nitrogens with zero attached hydrogens (tertiary/aromatic N) is 1. The number of nitrogens with one attached hydrogen (secondary N) is 1. The lowest BCUT2D eigenvalue weighted by atomic mass is 10.0. The smallest absolute Gasteiger partial charge is 0.122 e. The number of methoxy groups -OCH3 is 1. The molecule has 3 nitrogen and oxygen atoms in total. The predicted octanol–water partition coefficient (Wildman–Crippen LogP) is 2.80. The molecule has 0 aliphatic heterocycles. The van der Waals surface area contributed by atoms with Gasteiger partial charge in [-0.05, 0) is 37.6 Å². The second-order valence-corrected chi connectivity index (χ2v) is 3.65. The molecule has 0 fully saturated rings. The lowest BCUT2D eigenvalue weighted by Gasteiger charge is -2.22. The highest BCUT2D eigenvalue weighted by Gasteiger charge is 2.20. The maximum atomic E-state index is 9.01. The van der Waals surface area contributed by atoms with Gasteiger partial charge in [0.1, 0.15) is 11.3 Å². The largest absolute Gasteiger partial charge is 0.497 e. The van der Waals surface area contributed by atoms with Crippen molar-refractivity contribution in [3.05, 3.63) is 24.3 Å². The molecule has 1 aromatic rings. The van der Waals surface area contributed by atoms with Crippen LogP contribution in [0.3, 0.4) is 0 Å². The molecule has 0 heterocycles. The third-order valence-corrected chi connectivity index (χ3v) is 2.46. The molecule has 1 aromatic carbocycles. The van der Waals surface area contributed by atoms with Gasteiger partial charge in [-0.1, -0.05) is 6.92 Å². The number of hydrogen-bond acceptors (Lipinski definition) is 3. The first kappa shape index (κ1) is 11.4. The quantitative estimate of drug-likeness (QED) is 0.820. The van der Waals surface area contributed by atoms with Crippen LogP contribution < -0.4 is 10.1 Å². The fraction of sp³-hybridized carbons (Fsp3) is 0.417. The maximum absolute atomic E-state index is 9.01. The molecule has 0 aromatic heterocycles. The highest BCUT2D eigenvalue weighted by Crippen LogP contribution is 2.20. The zero-order chi connectivity index (χ0) is 11.3. The molecule has 0 saturated carbocycles. The van der Waals surface area contributed by atoms with Gasteiger partial charge in [-0.3, -0.25) is 0 Å². The Hall–Kier alpha value is -1.69. The molecule has 1 atom stereocenters. The van der Waals surface area contributed by atoms with Crippen LogP contribution >= 0.6 is 0 Å². The fourth-order valence-electron chi connectivity index (χ4n) is 1.19. The Labute approximate surface area is 90.7 Å². The van der Waals surface area contributed by atoms with Crippen LogP contribution in [0.1, 0.15) is 20.3 Å². The summed E-state index contributed by atoms with van der Waals surface area (Å²) in [6, 6.07) is 9.82. The van der Waals surface area contributed by atoms with E-state index < -0.39 is 5.54 Å². The molecule has 1 rings (SSSR count). The van der Waals surface area contributed by atoms with Gasteiger partial charge in [0.05, 0.1) is 13.2 Å². The van der Waals surface area contributed by atoms with Crippen LogP contribution in [0.5, 0.6) is 5.75 Å². The summed E-state index contributed by atoms with van der Waals surface area (Å²) in [5, 5.41) is 12.2. The summed E-state index contributed by atoms with van der Waals surface area (Å²) in [5.41, 5.74) is 0.427. The van der Waals surface area contributed by atoms with Crippen molar-refractivity contribution in [2.45, 2.75) is 25.8 Å². The number of rotatable bonds is 4. The van der Waals surface area contributed by atoms with Gasteiger partial charge in [0.15, 0.2) is 0 Å². The normalized spacial score (nSPS) is 13.7. The van der Waals surface area contributed by atoms with E-state index in [0.29, 0.717) is 0 Å². The van der Waals surface area contributed by atoms with Crippen molar-refractivity contribution < 1.29 is 4.74 Å². The van der Waals surface area contributed by atoms with Crippen molar-refractivity contribution in [1.29, 1.82) is 5.26 Å². The number of hydrogen-bond donors (Lipinski definition) is 1. The molecular formula is C12H16N2O. The standard InChI is InChI=1S/C12H16N2O/c1-4-12(2,9-13)14-10-5-7-11(15-3)8-6-10/h5-8,14H,4H2,1-3H3/t12-/m1/s1. The first-order valence-electron chi connectivity index (χ1n) is 4.97. The first-order valence-corrected chi connectivity index (χ1v) is 4.97. The summed E-state index contributed by atoms with van der Waals surface area (Å²) in [6.07, 6.45) is 0.759. The SMILES string of the molecule is CC[C@](C)(C#N)Nc1ccc(OC)cc1. The number of benzene rings is 1. The number of anilines is 1. The Morgan fingerprint density at radius 3 is 2.40 bits per heavy atom. The van der Waals surface area contributed by atoms with Crippen molar-refractivity contribution in [1.82, 2.24) is 0 Å². The van der Waals surface area contributed by atoms with Gasteiger partial charge in [-0.2, -0.15) is 5.26 Å². The summed E-state index contributed by atoms with van der Waals surface area (Å²) in [7, 11) is 1.63. The molecule has 0 amide bonds. The third-order valence-electron chi connectivity index (χ3n) is 2.46. The van der Waals surface area contributed by atoms with E-state index in [-0.39, 0.29) is 0 Å². The third kappa shape index (κ3) is 2.88. The summed E-state index contributed by atoms with van der Waals surface area (Å²) in [6.45, 7) is 3.87. The molecule has 0 saturated heterocycles. The second kappa shape index (κ2) is 4.70. The van der Waals surface area contributed by atoms with E-state index in [4.69, 9.17) is 10.00 Å². The van der Waals surface area contributed by atoms with Gasteiger partial charge in [0.25, 0.3) is 0 Å². The minimum absolute atomic E-state index is 0.505. The van der Waals surface area contributed by atoms with Crippen LogP contribution in [0.25, 0.3) is 0 Å². The molecular weight excluding hydrogens is 188 g/mol. The van der Waals surface area contributed by atoms with E-state index in [1.165, 1.54) is 0 Å². The highest BCUT2D eigenvalue weighted by atomic mass is 16.5. The maximum Gasteiger partial charge on any atom is 0.122 e. The molecule has 0 aliphatic carbocycles. The summed E-state index contributed by atoms with van der Waals surface area (Å²) in [5.74, 6) is 0.815. The first-order chi connectivity index (χ1) is 7.13. The predicted molar refractivity (Wildman–Crippen MR) is 60.9 cm³/mol. The van der Waals surface area contributed by atoms with Crippen LogP contribution in [-0.4, -0.2) is 12.6 Å². The Kier molecular flexibility index (Phi) is 3.56. The van der Waals surface area contributed by atoms with Crippen LogP contribution in [0.15, 0.2) is 24.3 Å². The summed E-state index contributed by atoms with van der Waals surface area (Å²) >= 11 is 0. The van der Waals surface area contributed by atoms with E-state index in [1.807, 2.05) is 38.1 Å². The Morgan fingerprint density at radius 2 is 2.00 bits per heavy atom. The van der Waals surface area contributed by atoms with E-state index in [2.05, 4.69) is 11.4 Å². The molecule has 3 heteroatoms. The van der Waals surface area contributed by atoms with Crippen molar-refractivity contribution in [3.63, 3.8) is 0 Å². The lowest BCUT2D eigenvalue weighted by Crippen LogP contribution is -2.31. The number of ether oxygens (including phenoxy) is 1. The minimum Gasteiger partial charge on any atom is -0.497 e. The molecule has 15 heavy (non-hydrogen) atoms.